The zero-order chi connectivity index (χ0) is 17.1. The van der Waals surface area contributed by atoms with Crippen molar-refractivity contribution >= 4 is 18.1 Å². The quantitative estimate of drug-likeness (QED) is 0.767. The molecular formula is C19H16FN3O. The van der Waals surface area contributed by atoms with Crippen LogP contribution in [0.4, 0.5) is 4.39 Å². The number of H-pyrrole nitrogens is 1. The molecule has 0 fully saturated rings. The first-order chi connectivity index (χ1) is 11.5. The predicted molar refractivity (Wildman–Crippen MR) is 92.6 cm³/mol. The molecule has 2 heterocycles. The smallest absolute Gasteiger partial charge is 0.250 e. The van der Waals surface area contributed by atoms with Crippen molar-refractivity contribution in [2.45, 2.75) is 6.92 Å². The summed E-state index contributed by atoms with van der Waals surface area (Å²) in [7, 11) is 0. The van der Waals surface area contributed by atoms with Gasteiger partial charge in [0.25, 0.3) is 5.91 Å². The first-order valence-corrected chi connectivity index (χ1v) is 7.42. The van der Waals surface area contributed by atoms with Crippen LogP contribution in [0.5, 0.6) is 0 Å². The molecule has 3 aromatic rings. The van der Waals surface area contributed by atoms with Crippen LogP contribution in [0.15, 0.2) is 48.7 Å². The number of hydrogen-bond donors (Lipinski definition) is 2. The Balaban J connectivity index is 1.87. The van der Waals surface area contributed by atoms with Crippen molar-refractivity contribution in [3.63, 3.8) is 0 Å². The summed E-state index contributed by atoms with van der Waals surface area (Å²) in [5.41, 5.74) is 9.91. The number of rotatable bonds is 4. The number of nitrogens with zero attached hydrogens (tertiary/aromatic N) is 1. The van der Waals surface area contributed by atoms with E-state index in [2.05, 4.69) is 9.97 Å². The number of benzene rings is 1. The molecule has 0 saturated heterocycles. The third kappa shape index (κ3) is 3.41. The van der Waals surface area contributed by atoms with E-state index in [1.54, 1.807) is 31.3 Å². The molecule has 0 bridgehead atoms. The number of carbonyl (C=O) groups excluding carboxylic acids is 1. The Labute approximate surface area is 138 Å². The van der Waals surface area contributed by atoms with Gasteiger partial charge in [-0.15, -0.1) is 0 Å². The van der Waals surface area contributed by atoms with Gasteiger partial charge in [-0.25, -0.2) is 4.39 Å². The molecule has 0 aliphatic rings. The number of nitrogens with two attached hydrogens (primary N) is 1. The molecule has 3 N–H and O–H groups in total. The number of aryl methyl sites for hydroxylation is 1. The standard InChI is InChI=1S/C19H16FN3O/c1-12-17(19(21)24)11-18(23-12)14-8-9-22-16(10-14)7-4-13-2-5-15(20)6-3-13/h2-11,23H,1H3,(H2,21,24). The molecule has 2 aromatic heterocycles. The van der Waals surface area contributed by atoms with Crippen LogP contribution in [-0.2, 0) is 0 Å². The van der Waals surface area contributed by atoms with Gasteiger partial charge in [0, 0.05) is 23.1 Å². The monoisotopic (exact) mass is 321 g/mol. The van der Waals surface area contributed by atoms with Crippen molar-refractivity contribution in [3.8, 4) is 11.3 Å². The van der Waals surface area contributed by atoms with Gasteiger partial charge in [0.2, 0.25) is 0 Å². The summed E-state index contributed by atoms with van der Waals surface area (Å²) in [5, 5.41) is 0. The molecule has 120 valence electrons. The number of nitrogens with one attached hydrogen (secondary N) is 1. The lowest BCUT2D eigenvalue weighted by Crippen LogP contribution is -2.10. The molecule has 4 nitrogen and oxygen atoms in total. The second-order valence-electron chi connectivity index (χ2n) is 5.44. The lowest BCUT2D eigenvalue weighted by atomic mass is 10.1. The fraction of sp³-hybridized carbons (Fsp3) is 0.0526. The summed E-state index contributed by atoms with van der Waals surface area (Å²) in [6.07, 6.45) is 5.40. The Morgan fingerprint density at radius 1 is 1.17 bits per heavy atom. The minimum atomic E-state index is -0.458. The second-order valence-corrected chi connectivity index (χ2v) is 5.44. The molecule has 0 spiro atoms. The minimum Gasteiger partial charge on any atom is -0.366 e. The van der Waals surface area contributed by atoms with Gasteiger partial charge < -0.3 is 10.7 Å². The zero-order valence-electron chi connectivity index (χ0n) is 13.1. The highest BCUT2D eigenvalue weighted by atomic mass is 19.1. The maximum Gasteiger partial charge on any atom is 0.250 e. The fourth-order valence-corrected chi connectivity index (χ4v) is 2.43. The number of carbonyl (C=O) groups is 1. The average molecular weight is 321 g/mol. The SMILES string of the molecule is Cc1[nH]c(-c2ccnc(C=Cc3ccc(F)cc3)c2)cc1C(N)=O. The van der Waals surface area contributed by atoms with Crippen LogP contribution in [0.1, 0.15) is 27.3 Å². The van der Waals surface area contributed by atoms with Crippen LogP contribution in [-0.4, -0.2) is 15.9 Å². The van der Waals surface area contributed by atoms with Crippen molar-refractivity contribution in [2.24, 2.45) is 5.73 Å². The Morgan fingerprint density at radius 3 is 2.58 bits per heavy atom. The highest BCUT2D eigenvalue weighted by Gasteiger charge is 2.10. The predicted octanol–water partition coefficient (Wildman–Crippen LogP) is 3.79. The van der Waals surface area contributed by atoms with Gasteiger partial charge >= 0.3 is 0 Å². The Hall–Kier alpha value is -3.21. The van der Waals surface area contributed by atoms with Crippen molar-refractivity contribution in [1.29, 1.82) is 0 Å². The maximum absolute atomic E-state index is 12.9. The highest BCUT2D eigenvalue weighted by molar-refractivity contribution is 5.95. The molecule has 1 aromatic carbocycles. The zero-order valence-corrected chi connectivity index (χ0v) is 13.1. The van der Waals surface area contributed by atoms with Crippen LogP contribution in [0.2, 0.25) is 0 Å². The van der Waals surface area contributed by atoms with Crippen molar-refractivity contribution in [1.82, 2.24) is 9.97 Å². The summed E-state index contributed by atoms with van der Waals surface area (Å²) >= 11 is 0. The summed E-state index contributed by atoms with van der Waals surface area (Å²) in [6, 6.07) is 11.7. The average Bonchev–Trinajstić information content (AvgIpc) is 2.97. The lowest BCUT2D eigenvalue weighted by Gasteiger charge is -2.00. The second kappa shape index (κ2) is 6.50. The molecule has 24 heavy (non-hydrogen) atoms. The number of amides is 1. The number of pyridine rings is 1. The molecule has 3 rings (SSSR count). The number of hydrogen-bond acceptors (Lipinski definition) is 2. The molecule has 0 aliphatic heterocycles. The fourth-order valence-electron chi connectivity index (χ4n) is 2.43. The third-order valence-corrected chi connectivity index (χ3v) is 3.69. The molecule has 0 unspecified atom stereocenters. The van der Waals surface area contributed by atoms with Crippen LogP contribution in [0.3, 0.4) is 0 Å². The van der Waals surface area contributed by atoms with E-state index in [-0.39, 0.29) is 5.82 Å². The minimum absolute atomic E-state index is 0.264. The van der Waals surface area contributed by atoms with E-state index in [0.29, 0.717) is 5.56 Å². The van der Waals surface area contributed by atoms with Gasteiger partial charge in [-0.3, -0.25) is 9.78 Å². The van der Waals surface area contributed by atoms with Crippen LogP contribution >= 0.6 is 0 Å². The Morgan fingerprint density at radius 2 is 1.92 bits per heavy atom. The first kappa shape index (κ1) is 15.7. The van der Waals surface area contributed by atoms with E-state index in [9.17, 15) is 9.18 Å². The summed E-state index contributed by atoms with van der Waals surface area (Å²) in [6.45, 7) is 1.81. The maximum atomic E-state index is 12.9. The Kier molecular flexibility index (Phi) is 4.24. The van der Waals surface area contributed by atoms with Gasteiger partial charge in [0.1, 0.15) is 5.82 Å². The third-order valence-electron chi connectivity index (χ3n) is 3.69. The van der Waals surface area contributed by atoms with E-state index < -0.39 is 5.91 Å². The number of aromatic nitrogens is 2. The molecule has 1 amide bonds. The molecule has 0 saturated carbocycles. The number of halogens is 1. The Bertz CT molecular complexity index is 911. The van der Waals surface area contributed by atoms with Crippen molar-refractivity contribution in [3.05, 3.63) is 77.0 Å². The number of primary amides is 1. The molecular weight excluding hydrogens is 305 g/mol. The summed E-state index contributed by atoms with van der Waals surface area (Å²) in [5.74, 6) is -0.722. The molecule has 0 atom stereocenters. The van der Waals surface area contributed by atoms with Gasteiger partial charge in [-0.05, 0) is 48.9 Å². The summed E-state index contributed by atoms with van der Waals surface area (Å²) in [4.78, 5) is 18.8. The van der Waals surface area contributed by atoms with E-state index >= 15 is 0 Å². The van der Waals surface area contributed by atoms with Crippen LogP contribution in [0.25, 0.3) is 23.4 Å². The van der Waals surface area contributed by atoms with Gasteiger partial charge in [-0.2, -0.15) is 0 Å². The molecule has 0 aliphatic carbocycles. The van der Waals surface area contributed by atoms with Gasteiger partial charge in [-0.1, -0.05) is 18.2 Å². The topological polar surface area (TPSA) is 71.8 Å². The molecule has 0 radical (unpaired) electrons. The lowest BCUT2D eigenvalue weighted by molar-refractivity contribution is 0.1000. The van der Waals surface area contributed by atoms with E-state index in [0.717, 1.165) is 28.2 Å². The van der Waals surface area contributed by atoms with Crippen molar-refractivity contribution < 1.29 is 9.18 Å². The number of aromatic amines is 1. The first-order valence-electron chi connectivity index (χ1n) is 7.42. The largest absolute Gasteiger partial charge is 0.366 e. The van der Waals surface area contributed by atoms with Crippen molar-refractivity contribution in [2.75, 3.05) is 0 Å². The highest BCUT2D eigenvalue weighted by Crippen LogP contribution is 2.22. The summed E-state index contributed by atoms with van der Waals surface area (Å²) < 4.78 is 12.9. The van der Waals surface area contributed by atoms with Gasteiger partial charge in [0.05, 0.1) is 11.3 Å². The van der Waals surface area contributed by atoms with E-state index in [1.807, 2.05) is 24.3 Å². The van der Waals surface area contributed by atoms with E-state index in [4.69, 9.17) is 5.73 Å². The van der Waals surface area contributed by atoms with E-state index in [1.165, 1.54) is 12.1 Å². The normalized spacial score (nSPS) is 11.1. The molecule has 5 heteroatoms. The van der Waals surface area contributed by atoms with Crippen LogP contribution in [0, 0.1) is 12.7 Å². The van der Waals surface area contributed by atoms with Crippen LogP contribution < -0.4 is 5.73 Å². The van der Waals surface area contributed by atoms with Gasteiger partial charge in [0.15, 0.2) is 0 Å².